The zero-order valence-electron chi connectivity index (χ0n) is 13.1. The second kappa shape index (κ2) is 7.22. The second-order valence-corrected chi connectivity index (χ2v) is 5.49. The summed E-state index contributed by atoms with van der Waals surface area (Å²) in [6.45, 7) is 7.21. The zero-order valence-corrected chi connectivity index (χ0v) is 13.1. The van der Waals surface area contributed by atoms with E-state index in [0.717, 1.165) is 11.1 Å². The minimum Gasteiger partial charge on any atom is -0.465 e. The Morgan fingerprint density at radius 2 is 1.86 bits per heavy atom. The fourth-order valence-corrected chi connectivity index (χ4v) is 1.98. The molecule has 5 nitrogen and oxygen atoms in total. The average Bonchev–Trinajstić information content (AvgIpc) is 2.45. The topological polar surface area (TPSA) is 75.6 Å². The van der Waals surface area contributed by atoms with E-state index in [9.17, 15) is 14.7 Å². The third-order valence-electron chi connectivity index (χ3n) is 3.41. The molecule has 0 aromatic heterocycles. The fourth-order valence-electron chi connectivity index (χ4n) is 1.98. The van der Waals surface area contributed by atoms with Gasteiger partial charge in [0.25, 0.3) is 0 Å². The second-order valence-electron chi connectivity index (χ2n) is 5.49. The van der Waals surface area contributed by atoms with E-state index in [1.807, 2.05) is 19.9 Å². The van der Waals surface area contributed by atoms with Gasteiger partial charge in [-0.25, -0.2) is 4.79 Å². The Morgan fingerprint density at radius 3 is 2.33 bits per heavy atom. The lowest BCUT2D eigenvalue weighted by atomic mass is 10.0. The van der Waals surface area contributed by atoms with Crippen molar-refractivity contribution in [1.82, 2.24) is 5.32 Å². The van der Waals surface area contributed by atoms with Gasteiger partial charge in [-0.05, 0) is 37.0 Å². The van der Waals surface area contributed by atoms with E-state index in [-0.39, 0.29) is 17.9 Å². The van der Waals surface area contributed by atoms with Crippen molar-refractivity contribution in [2.45, 2.75) is 39.8 Å². The maximum absolute atomic E-state index is 11.8. The molecule has 0 spiro atoms. The minimum absolute atomic E-state index is 0.138. The first-order chi connectivity index (χ1) is 9.77. The number of hydrogen-bond donors (Lipinski definition) is 2. The molecule has 21 heavy (non-hydrogen) atoms. The molecule has 1 rings (SSSR count). The highest BCUT2D eigenvalue weighted by Crippen LogP contribution is 2.18. The highest BCUT2D eigenvalue weighted by Gasteiger charge is 2.21. The minimum atomic E-state index is -1.03. The Bertz CT molecular complexity index is 525. The number of aliphatic hydroxyl groups excluding tert-OH is 1. The molecule has 116 valence electrons. The molecule has 2 N–H and O–H groups in total. The number of ether oxygens (including phenoxy) is 1. The van der Waals surface area contributed by atoms with Gasteiger partial charge in [0.05, 0.1) is 18.7 Å². The smallest absolute Gasteiger partial charge is 0.338 e. The summed E-state index contributed by atoms with van der Waals surface area (Å²) in [5.41, 5.74) is 2.15. The molecule has 0 aliphatic rings. The summed E-state index contributed by atoms with van der Waals surface area (Å²) < 4.78 is 4.70. The number of hydrogen-bond acceptors (Lipinski definition) is 4. The van der Waals surface area contributed by atoms with Crippen LogP contribution in [0.15, 0.2) is 18.2 Å². The lowest BCUT2D eigenvalue weighted by molar-refractivity contribution is -0.132. The van der Waals surface area contributed by atoms with Crippen LogP contribution in [0.4, 0.5) is 0 Å². The summed E-state index contributed by atoms with van der Waals surface area (Å²) >= 11 is 0. The van der Waals surface area contributed by atoms with Crippen LogP contribution in [0.2, 0.25) is 0 Å². The third kappa shape index (κ3) is 4.29. The summed E-state index contributed by atoms with van der Waals surface area (Å²) in [5, 5.41) is 12.5. The highest BCUT2D eigenvalue weighted by molar-refractivity contribution is 5.91. The molecule has 0 radical (unpaired) electrons. The highest BCUT2D eigenvalue weighted by atomic mass is 16.5. The first-order valence-corrected chi connectivity index (χ1v) is 6.95. The first-order valence-electron chi connectivity index (χ1n) is 6.95. The van der Waals surface area contributed by atoms with E-state index in [4.69, 9.17) is 4.74 Å². The summed E-state index contributed by atoms with van der Waals surface area (Å²) in [6.07, 6.45) is -1.03. The van der Waals surface area contributed by atoms with Gasteiger partial charge in [0.1, 0.15) is 6.10 Å². The van der Waals surface area contributed by atoms with E-state index < -0.39 is 12.0 Å². The van der Waals surface area contributed by atoms with Crippen molar-refractivity contribution in [1.29, 1.82) is 0 Å². The molecule has 5 heteroatoms. The van der Waals surface area contributed by atoms with Crippen LogP contribution in [0.3, 0.4) is 0 Å². The summed E-state index contributed by atoms with van der Waals surface area (Å²) in [5.74, 6) is -0.918. The molecule has 0 aliphatic heterocycles. The van der Waals surface area contributed by atoms with Crippen LogP contribution >= 0.6 is 0 Å². The summed E-state index contributed by atoms with van der Waals surface area (Å²) in [6, 6.07) is 5.03. The number of aliphatic hydroxyl groups is 1. The van der Waals surface area contributed by atoms with Gasteiger partial charge in [0.2, 0.25) is 5.91 Å². The van der Waals surface area contributed by atoms with Crippen molar-refractivity contribution in [3.8, 4) is 0 Å². The number of amides is 1. The fraction of sp³-hybridized carbons (Fsp3) is 0.500. The van der Waals surface area contributed by atoms with Gasteiger partial charge < -0.3 is 15.2 Å². The van der Waals surface area contributed by atoms with Crippen LogP contribution in [0.1, 0.15) is 48.3 Å². The van der Waals surface area contributed by atoms with Gasteiger partial charge in [-0.3, -0.25) is 4.79 Å². The number of carbonyl (C=O) groups is 2. The molecular weight excluding hydrogens is 270 g/mol. The maximum atomic E-state index is 11.8. The molecule has 1 amide bonds. The molecule has 0 bridgehead atoms. The SMILES string of the molecule is COC(=O)c1ccc(C(C)NC(=O)C(O)C(C)C)cc1C. The number of benzene rings is 1. The van der Waals surface area contributed by atoms with Crippen LogP contribution in [0.25, 0.3) is 0 Å². The molecule has 0 saturated heterocycles. The van der Waals surface area contributed by atoms with Crippen molar-refractivity contribution in [2.24, 2.45) is 5.92 Å². The van der Waals surface area contributed by atoms with E-state index >= 15 is 0 Å². The lowest BCUT2D eigenvalue weighted by Gasteiger charge is -2.20. The van der Waals surface area contributed by atoms with Gasteiger partial charge in [0, 0.05) is 0 Å². The molecule has 1 aromatic rings. The summed E-state index contributed by atoms with van der Waals surface area (Å²) in [4.78, 5) is 23.4. The van der Waals surface area contributed by atoms with Crippen molar-refractivity contribution in [3.63, 3.8) is 0 Å². The average molecular weight is 293 g/mol. The van der Waals surface area contributed by atoms with Crippen LogP contribution in [0.5, 0.6) is 0 Å². The van der Waals surface area contributed by atoms with Crippen molar-refractivity contribution < 1.29 is 19.4 Å². The number of methoxy groups -OCH3 is 1. The third-order valence-corrected chi connectivity index (χ3v) is 3.41. The molecule has 0 fully saturated rings. The number of esters is 1. The molecule has 2 atom stereocenters. The van der Waals surface area contributed by atoms with Crippen LogP contribution < -0.4 is 5.32 Å². The molecule has 0 heterocycles. The van der Waals surface area contributed by atoms with E-state index in [1.165, 1.54) is 7.11 Å². The van der Waals surface area contributed by atoms with Gasteiger partial charge in [-0.2, -0.15) is 0 Å². The van der Waals surface area contributed by atoms with Crippen molar-refractivity contribution >= 4 is 11.9 Å². The maximum Gasteiger partial charge on any atom is 0.338 e. The van der Waals surface area contributed by atoms with E-state index in [1.54, 1.807) is 26.0 Å². The lowest BCUT2D eigenvalue weighted by Crippen LogP contribution is -2.39. The van der Waals surface area contributed by atoms with E-state index in [2.05, 4.69) is 5.32 Å². The molecule has 2 unspecified atom stereocenters. The summed E-state index contributed by atoms with van der Waals surface area (Å²) in [7, 11) is 1.34. The number of aryl methyl sites for hydroxylation is 1. The quantitative estimate of drug-likeness (QED) is 0.814. The van der Waals surface area contributed by atoms with E-state index in [0.29, 0.717) is 5.56 Å². The Morgan fingerprint density at radius 1 is 1.24 bits per heavy atom. The number of nitrogens with one attached hydrogen (secondary N) is 1. The van der Waals surface area contributed by atoms with Crippen LogP contribution in [-0.4, -0.2) is 30.2 Å². The monoisotopic (exact) mass is 293 g/mol. The van der Waals surface area contributed by atoms with Gasteiger partial charge in [-0.15, -0.1) is 0 Å². The van der Waals surface area contributed by atoms with Crippen LogP contribution in [0, 0.1) is 12.8 Å². The Balaban J connectivity index is 2.84. The Hall–Kier alpha value is -1.88. The normalized spacial score (nSPS) is 13.7. The van der Waals surface area contributed by atoms with Crippen LogP contribution in [-0.2, 0) is 9.53 Å². The van der Waals surface area contributed by atoms with Crippen molar-refractivity contribution in [3.05, 3.63) is 34.9 Å². The molecule has 0 saturated carbocycles. The number of rotatable bonds is 5. The molecular formula is C16H23NO4. The number of carbonyl (C=O) groups excluding carboxylic acids is 2. The first kappa shape index (κ1) is 17.2. The van der Waals surface area contributed by atoms with Gasteiger partial charge in [0.15, 0.2) is 0 Å². The Kier molecular flexibility index (Phi) is 5.90. The molecule has 1 aromatic carbocycles. The van der Waals surface area contributed by atoms with Crippen molar-refractivity contribution in [2.75, 3.05) is 7.11 Å². The zero-order chi connectivity index (χ0) is 16.2. The van der Waals surface area contributed by atoms with Gasteiger partial charge >= 0.3 is 5.97 Å². The molecule has 0 aliphatic carbocycles. The largest absolute Gasteiger partial charge is 0.465 e. The predicted molar refractivity (Wildman–Crippen MR) is 79.9 cm³/mol. The predicted octanol–water partition coefficient (Wildman–Crippen LogP) is 1.98. The Labute approximate surface area is 125 Å². The standard InChI is InChI=1S/C16H23NO4/c1-9(2)14(18)15(19)17-11(4)12-6-7-13(10(3)8-12)16(20)21-5/h6-9,11,14,18H,1-5H3,(H,17,19). The van der Waals surface area contributed by atoms with Gasteiger partial charge in [-0.1, -0.05) is 26.0 Å².